The first-order chi connectivity index (χ1) is 11.2. The van der Waals surface area contributed by atoms with Gasteiger partial charge in [0, 0.05) is 19.0 Å². The van der Waals surface area contributed by atoms with Crippen LogP contribution in [0.5, 0.6) is 0 Å². The van der Waals surface area contributed by atoms with Gasteiger partial charge in [0.25, 0.3) is 0 Å². The van der Waals surface area contributed by atoms with Gasteiger partial charge in [-0.1, -0.05) is 23.2 Å². The van der Waals surface area contributed by atoms with Crippen LogP contribution in [0.25, 0.3) is 11.5 Å². The van der Waals surface area contributed by atoms with Crippen LogP contribution in [0.3, 0.4) is 0 Å². The Morgan fingerprint density at radius 1 is 1.26 bits per heavy atom. The maximum Gasteiger partial charge on any atom is 0.190 e. The fourth-order valence-corrected chi connectivity index (χ4v) is 3.33. The fourth-order valence-electron chi connectivity index (χ4n) is 2.10. The number of aromatic nitrogens is 1. The number of nitrogens with zero attached hydrogens (tertiary/aromatic N) is 2. The maximum absolute atomic E-state index is 6.06. The molecule has 0 aliphatic heterocycles. The lowest BCUT2D eigenvalue weighted by atomic mass is 10.3. The van der Waals surface area contributed by atoms with Gasteiger partial charge in [0.05, 0.1) is 34.3 Å². The van der Waals surface area contributed by atoms with E-state index < -0.39 is 0 Å². The number of furan rings is 1. The minimum Gasteiger partial charge on any atom is -0.463 e. The molecule has 0 unspecified atom stereocenters. The summed E-state index contributed by atoms with van der Waals surface area (Å²) in [5, 5.41) is 3.02. The standard InChI is InChI=1S/C16H14Cl2N2O2S/c1-21-8-6-20-14(15-3-2-7-22-15)10-23-16(20)19-11-4-5-12(17)13(18)9-11/h2-5,7,9-10H,6,8H2,1H3. The highest BCUT2D eigenvalue weighted by Crippen LogP contribution is 2.27. The SMILES string of the molecule is COCCn1c(-c2ccco2)csc1=Nc1ccc(Cl)c(Cl)c1. The summed E-state index contributed by atoms with van der Waals surface area (Å²) in [4.78, 5) is 5.51. The highest BCUT2D eigenvalue weighted by molar-refractivity contribution is 7.07. The van der Waals surface area contributed by atoms with Gasteiger partial charge in [0.2, 0.25) is 0 Å². The van der Waals surface area contributed by atoms with E-state index in [1.807, 2.05) is 23.6 Å². The molecule has 0 fully saturated rings. The average Bonchev–Trinajstić information content (AvgIpc) is 3.18. The Bertz CT molecular complexity index is 853. The van der Waals surface area contributed by atoms with E-state index in [1.165, 1.54) is 11.3 Å². The van der Waals surface area contributed by atoms with Crippen LogP contribution in [0.4, 0.5) is 5.69 Å². The molecule has 2 aromatic heterocycles. The monoisotopic (exact) mass is 368 g/mol. The van der Waals surface area contributed by atoms with Crippen molar-refractivity contribution in [1.82, 2.24) is 4.57 Å². The molecule has 0 aliphatic carbocycles. The van der Waals surface area contributed by atoms with Crippen LogP contribution in [0.2, 0.25) is 10.0 Å². The maximum atomic E-state index is 6.06. The zero-order valence-corrected chi connectivity index (χ0v) is 14.7. The topological polar surface area (TPSA) is 39.7 Å². The van der Waals surface area contributed by atoms with Gasteiger partial charge in [-0.15, -0.1) is 11.3 Å². The molecular formula is C16H14Cl2N2O2S. The van der Waals surface area contributed by atoms with Crippen LogP contribution >= 0.6 is 34.5 Å². The molecule has 0 aliphatic rings. The van der Waals surface area contributed by atoms with E-state index in [0.29, 0.717) is 23.2 Å². The van der Waals surface area contributed by atoms with Crippen LogP contribution in [-0.4, -0.2) is 18.3 Å². The molecule has 3 rings (SSSR count). The zero-order chi connectivity index (χ0) is 16.2. The number of hydrogen-bond acceptors (Lipinski definition) is 4. The average molecular weight is 369 g/mol. The van der Waals surface area contributed by atoms with Crippen LogP contribution < -0.4 is 4.80 Å². The third kappa shape index (κ3) is 3.70. The van der Waals surface area contributed by atoms with Crippen LogP contribution in [0, 0.1) is 0 Å². The third-order valence-electron chi connectivity index (χ3n) is 3.22. The predicted molar refractivity (Wildman–Crippen MR) is 93.6 cm³/mol. The van der Waals surface area contributed by atoms with E-state index in [0.717, 1.165) is 21.9 Å². The Balaban J connectivity index is 2.07. The van der Waals surface area contributed by atoms with E-state index in [1.54, 1.807) is 25.5 Å². The van der Waals surface area contributed by atoms with Crippen LogP contribution in [0.1, 0.15) is 0 Å². The molecule has 4 nitrogen and oxygen atoms in total. The molecule has 0 radical (unpaired) electrons. The van der Waals surface area contributed by atoms with Gasteiger partial charge in [-0.2, -0.15) is 0 Å². The van der Waals surface area contributed by atoms with Crippen molar-refractivity contribution in [1.29, 1.82) is 0 Å². The second kappa shape index (κ2) is 7.36. The smallest absolute Gasteiger partial charge is 0.190 e. The van der Waals surface area contributed by atoms with Gasteiger partial charge in [-0.3, -0.25) is 0 Å². The summed E-state index contributed by atoms with van der Waals surface area (Å²) >= 11 is 13.5. The van der Waals surface area contributed by atoms with E-state index in [-0.39, 0.29) is 0 Å². The van der Waals surface area contributed by atoms with Crippen molar-refractivity contribution in [3.05, 3.63) is 56.8 Å². The van der Waals surface area contributed by atoms with Crippen molar-refractivity contribution >= 4 is 40.2 Å². The second-order valence-corrected chi connectivity index (χ2v) is 6.39. The molecule has 3 aromatic rings. The Kier molecular flexibility index (Phi) is 5.23. The van der Waals surface area contributed by atoms with E-state index in [4.69, 9.17) is 32.4 Å². The minimum absolute atomic E-state index is 0.485. The second-order valence-electron chi connectivity index (χ2n) is 4.74. The molecule has 0 saturated heterocycles. The number of halogens is 2. The molecule has 0 amide bonds. The summed E-state index contributed by atoms with van der Waals surface area (Å²) in [6.07, 6.45) is 1.66. The molecule has 120 valence electrons. The minimum atomic E-state index is 0.485. The quantitative estimate of drug-likeness (QED) is 0.635. The van der Waals surface area contributed by atoms with Crippen molar-refractivity contribution in [2.24, 2.45) is 4.99 Å². The highest BCUT2D eigenvalue weighted by Gasteiger charge is 2.10. The van der Waals surface area contributed by atoms with E-state index >= 15 is 0 Å². The summed E-state index contributed by atoms with van der Waals surface area (Å²) in [7, 11) is 1.68. The predicted octanol–water partition coefficient (Wildman–Crippen LogP) is 5.00. The first-order valence-corrected chi connectivity index (χ1v) is 8.53. The first-order valence-electron chi connectivity index (χ1n) is 6.90. The molecule has 0 spiro atoms. The Morgan fingerprint density at radius 2 is 2.13 bits per heavy atom. The van der Waals surface area contributed by atoms with E-state index in [9.17, 15) is 0 Å². The number of thiazole rings is 1. The first kappa shape index (κ1) is 16.3. The number of benzene rings is 1. The highest BCUT2D eigenvalue weighted by atomic mass is 35.5. The number of methoxy groups -OCH3 is 1. The summed E-state index contributed by atoms with van der Waals surface area (Å²) in [5.41, 5.74) is 1.72. The molecule has 23 heavy (non-hydrogen) atoms. The van der Waals surface area contributed by atoms with Gasteiger partial charge >= 0.3 is 0 Å². The molecule has 0 bridgehead atoms. The Hall–Kier alpha value is -1.53. The Labute approximate surface area is 147 Å². The fraction of sp³-hybridized carbons (Fsp3) is 0.188. The molecule has 1 aromatic carbocycles. The van der Waals surface area contributed by atoms with Crippen molar-refractivity contribution in [3.8, 4) is 11.5 Å². The van der Waals surface area contributed by atoms with Gasteiger partial charge in [-0.25, -0.2) is 4.99 Å². The number of hydrogen-bond donors (Lipinski definition) is 0. The molecule has 0 N–H and O–H groups in total. The summed E-state index contributed by atoms with van der Waals surface area (Å²) in [6, 6.07) is 9.11. The molecule has 2 heterocycles. The molecule has 0 atom stereocenters. The van der Waals surface area contributed by atoms with Gasteiger partial charge in [-0.05, 0) is 30.3 Å². The van der Waals surface area contributed by atoms with Crippen molar-refractivity contribution in [3.63, 3.8) is 0 Å². The van der Waals surface area contributed by atoms with Crippen molar-refractivity contribution in [2.75, 3.05) is 13.7 Å². The summed E-state index contributed by atoms with van der Waals surface area (Å²) < 4.78 is 12.8. The molecule has 7 heteroatoms. The van der Waals surface area contributed by atoms with Crippen molar-refractivity contribution < 1.29 is 9.15 Å². The van der Waals surface area contributed by atoms with Gasteiger partial charge in [0.15, 0.2) is 10.6 Å². The number of ether oxygens (including phenoxy) is 1. The summed E-state index contributed by atoms with van der Waals surface area (Å²) in [5.74, 6) is 0.799. The van der Waals surface area contributed by atoms with Crippen molar-refractivity contribution in [2.45, 2.75) is 6.54 Å². The lowest BCUT2D eigenvalue weighted by Gasteiger charge is -2.06. The molecular weight excluding hydrogens is 355 g/mol. The van der Waals surface area contributed by atoms with Crippen LogP contribution in [-0.2, 0) is 11.3 Å². The van der Waals surface area contributed by atoms with Gasteiger partial charge in [0.1, 0.15) is 0 Å². The largest absolute Gasteiger partial charge is 0.463 e. The Morgan fingerprint density at radius 3 is 2.83 bits per heavy atom. The van der Waals surface area contributed by atoms with Crippen LogP contribution in [0.15, 0.2) is 51.4 Å². The van der Waals surface area contributed by atoms with Gasteiger partial charge < -0.3 is 13.7 Å². The number of rotatable bonds is 5. The normalized spacial score (nSPS) is 12.0. The lowest BCUT2D eigenvalue weighted by Crippen LogP contribution is -2.18. The summed E-state index contributed by atoms with van der Waals surface area (Å²) in [6.45, 7) is 1.26. The lowest BCUT2D eigenvalue weighted by molar-refractivity contribution is 0.187. The molecule has 0 saturated carbocycles. The third-order valence-corrected chi connectivity index (χ3v) is 4.82. The van der Waals surface area contributed by atoms with E-state index in [2.05, 4.69) is 9.56 Å². The zero-order valence-electron chi connectivity index (χ0n) is 12.3.